The van der Waals surface area contributed by atoms with Crippen molar-refractivity contribution in [1.29, 1.82) is 0 Å². The summed E-state index contributed by atoms with van der Waals surface area (Å²) in [6.07, 6.45) is -4.97. The van der Waals surface area contributed by atoms with Gasteiger partial charge in [-0.2, -0.15) is 13.2 Å². The van der Waals surface area contributed by atoms with Crippen molar-refractivity contribution < 1.29 is 36.9 Å². The Morgan fingerprint density at radius 3 is 2.04 bits per heavy atom. The monoisotopic (exact) mass is 348 g/mol. The Kier molecular flexibility index (Phi) is 5.60. The largest absolute Gasteiger partial charge is 0.485 e. The SMILES string of the molecule is FC(F)(F)c1ccccc1OC(COCC1CO1)COCC1CO1. The molecule has 1 aromatic carbocycles. The number of benzene rings is 1. The third-order valence-electron chi connectivity index (χ3n) is 3.51. The van der Waals surface area contributed by atoms with E-state index >= 15 is 0 Å². The molecule has 2 unspecified atom stereocenters. The first-order chi connectivity index (χ1) is 11.5. The molecule has 0 aromatic heterocycles. The molecular formula is C16H19F3O5. The molecule has 2 atom stereocenters. The van der Waals surface area contributed by atoms with E-state index < -0.39 is 17.8 Å². The number of ether oxygens (including phenoxy) is 5. The predicted octanol–water partition coefficient (Wildman–Crippen LogP) is 2.28. The maximum atomic E-state index is 13.1. The fourth-order valence-electron chi connectivity index (χ4n) is 2.09. The summed E-state index contributed by atoms with van der Waals surface area (Å²) in [7, 11) is 0. The van der Waals surface area contributed by atoms with Crippen LogP contribution in [-0.2, 0) is 25.1 Å². The molecule has 134 valence electrons. The summed E-state index contributed by atoms with van der Waals surface area (Å²) in [5.41, 5.74) is -0.814. The molecule has 0 N–H and O–H groups in total. The van der Waals surface area contributed by atoms with Gasteiger partial charge in [0.15, 0.2) is 0 Å². The predicted molar refractivity (Wildman–Crippen MR) is 77.0 cm³/mol. The van der Waals surface area contributed by atoms with Gasteiger partial charge in [0.25, 0.3) is 0 Å². The highest BCUT2D eigenvalue weighted by Crippen LogP contribution is 2.36. The van der Waals surface area contributed by atoms with Crippen LogP contribution < -0.4 is 4.74 Å². The van der Waals surface area contributed by atoms with Crippen molar-refractivity contribution in [3.8, 4) is 5.75 Å². The highest BCUT2D eigenvalue weighted by Gasteiger charge is 2.35. The first-order valence-electron chi connectivity index (χ1n) is 7.74. The number of halogens is 3. The Balaban J connectivity index is 1.57. The number of hydrogen-bond acceptors (Lipinski definition) is 5. The second-order valence-corrected chi connectivity index (χ2v) is 5.72. The lowest BCUT2D eigenvalue weighted by Crippen LogP contribution is -2.31. The van der Waals surface area contributed by atoms with E-state index in [2.05, 4.69) is 0 Å². The van der Waals surface area contributed by atoms with Crippen LogP contribution in [0.25, 0.3) is 0 Å². The minimum Gasteiger partial charge on any atom is -0.485 e. The lowest BCUT2D eigenvalue weighted by Gasteiger charge is -2.21. The topological polar surface area (TPSA) is 52.8 Å². The van der Waals surface area contributed by atoms with Crippen LogP contribution in [0.2, 0.25) is 0 Å². The van der Waals surface area contributed by atoms with E-state index in [1.807, 2.05) is 0 Å². The standard InChI is InChI=1S/C16H19F3O5/c17-16(18,19)14-3-1-2-4-15(14)24-13(7-20-5-11-9-22-11)8-21-6-12-10-23-12/h1-4,11-13H,5-10H2. The van der Waals surface area contributed by atoms with Crippen LogP contribution in [0.3, 0.4) is 0 Å². The van der Waals surface area contributed by atoms with Gasteiger partial charge in [-0.1, -0.05) is 12.1 Å². The molecule has 0 bridgehead atoms. The van der Waals surface area contributed by atoms with Crippen LogP contribution in [0, 0.1) is 0 Å². The zero-order chi connectivity index (χ0) is 17.0. The lowest BCUT2D eigenvalue weighted by molar-refractivity contribution is -0.139. The maximum absolute atomic E-state index is 13.1. The normalized spacial score (nSPS) is 23.8. The van der Waals surface area contributed by atoms with Gasteiger partial charge >= 0.3 is 6.18 Å². The third kappa shape index (κ3) is 5.62. The number of rotatable bonds is 10. The van der Waals surface area contributed by atoms with Crippen molar-refractivity contribution in [1.82, 2.24) is 0 Å². The zero-order valence-corrected chi connectivity index (χ0v) is 13.0. The first kappa shape index (κ1) is 17.5. The van der Waals surface area contributed by atoms with Gasteiger partial charge in [-0.3, -0.25) is 0 Å². The molecular weight excluding hydrogens is 329 g/mol. The molecule has 2 saturated heterocycles. The maximum Gasteiger partial charge on any atom is 0.419 e. The number of alkyl halides is 3. The Morgan fingerprint density at radius 2 is 1.54 bits per heavy atom. The van der Waals surface area contributed by atoms with Crippen molar-refractivity contribution in [2.45, 2.75) is 24.5 Å². The van der Waals surface area contributed by atoms with Gasteiger partial charge in [0.05, 0.1) is 45.2 Å². The lowest BCUT2D eigenvalue weighted by atomic mass is 10.2. The summed E-state index contributed by atoms with van der Waals surface area (Å²) in [5.74, 6) is -0.229. The summed E-state index contributed by atoms with van der Waals surface area (Å²) < 4.78 is 65.6. The Labute approximate surface area is 137 Å². The number of hydrogen-bond donors (Lipinski definition) is 0. The average molecular weight is 348 g/mol. The van der Waals surface area contributed by atoms with E-state index in [9.17, 15) is 13.2 Å². The van der Waals surface area contributed by atoms with E-state index in [0.29, 0.717) is 26.4 Å². The van der Waals surface area contributed by atoms with E-state index in [-0.39, 0.29) is 31.2 Å². The highest BCUT2D eigenvalue weighted by atomic mass is 19.4. The molecule has 0 radical (unpaired) electrons. The van der Waals surface area contributed by atoms with Crippen LogP contribution in [0.1, 0.15) is 5.56 Å². The summed E-state index contributed by atoms with van der Waals surface area (Å²) in [5, 5.41) is 0. The van der Waals surface area contributed by atoms with Crippen molar-refractivity contribution in [3.05, 3.63) is 29.8 Å². The molecule has 5 nitrogen and oxygen atoms in total. The minimum atomic E-state index is -4.48. The molecule has 24 heavy (non-hydrogen) atoms. The van der Waals surface area contributed by atoms with Gasteiger partial charge < -0.3 is 23.7 Å². The first-order valence-corrected chi connectivity index (χ1v) is 7.74. The van der Waals surface area contributed by atoms with Crippen LogP contribution in [-0.4, -0.2) is 58.0 Å². The van der Waals surface area contributed by atoms with Crippen molar-refractivity contribution in [3.63, 3.8) is 0 Å². The fraction of sp³-hybridized carbons (Fsp3) is 0.625. The Hall–Kier alpha value is -1.35. The van der Waals surface area contributed by atoms with E-state index in [0.717, 1.165) is 6.07 Å². The van der Waals surface area contributed by atoms with Crippen molar-refractivity contribution in [2.24, 2.45) is 0 Å². The van der Waals surface area contributed by atoms with Gasteiger partial charge in [0.2, 0.25) is 0 Å². The molecule has 3 rings (SSSR count). The van der Waals surface area contributed by atoms with Crippen LogP contribution >= 0.6 is 0 Å². The van der Waals surface area contributed by atoms with Gasteiger partial charge in [0.1, 0.15) is 24.1 Å². The van der Waals surface area contributed by atoms with Crippen molar-refractivity contribution >= 4 is 0 Å². The third-order valence-corrected chi connectivity index (χ3v) is 3.51. The summed E-state index contributed by atoms with van der Waals surface area (Å²) in [4.78, 5) is 0. The summed E-state index contributed by atoms with van der Waals surface area (Å²) in [6, 6.07) is 5.11. The minimum absolute atomic E-state index is 0.0777. The second kappa shape index (κ2) is 7.69. The van der Waals surface area contributed by atoms with Gasteiger partial charge in [-0.25, -0.2) is 0 Å². The van der Waals surface area contributed by atoms with Crippen molar-refractivity contribution in [2.75, 3.05) is 39.6 Å². The van der Waals surface area contributed by atoms with Gasteiger partial charge in [-0.05, 0) is 12.1 Å². The van der Waals surface area contributed by atoms with Crippen LogP contribution in [0.5, 0.6) is 5.75 Å². The Bertz CT molecular complexity index is 511. The molecule has 0 aliphatic carbocycles. The molecule has 2 aliphatic heterocycles. The highest BCUT2D eigenvalue weighted by molar-refractivity contribution is 5.35. The molecule has 1 aromatic rings. The van der Waals surface area contributed by atoms with Crippen LogP contribution in [0.4, 0.5) is 13.2 Å². The molecule has 0 spiro atoms. The fourth-order valence-corrected chi connectivity index (χ4v) is 2.09. The average Bonchev–Trinajstić information content (AvgIpc) is 3.41. The molecule has 0 saturated carbocycles. The van der Waals surface area contributed by atoms with Crippen LogP contribution in [0.15, 0.2) is 24.3 Å². The molecule has 2 fully saturated rings. The number of epoxide rings is 2. The quantitative estimate of drug-likeness (QED) is 0.607. The Morgan fingerprint density at radius 1 is 1.00 bits per heavy atom. The number of para-hydroxylation sites is 1. The molecule has 8 heteroatoms. The van der Waals surface area contributed by atoms with E-state index in [4.69, 9.17) is 23.7 Å². The summed E-state index contributed by atoms with van der Waals surface area (Å²) in [6.45, 7) is 2.34. The molecule has 0 amide bonds. The van der Waals surface area contributed by atoms with Gasteiger partial charge in [-0.15, -0.1) is 0 Å². The summed E-state index contributed by atoms with van der Waals surface area (Å²) >= 11 is 0. The smallest absolute Gasteiger partial charge is 0.419 e. The van der Waals surface area contributed by atoms with E-state index in [1.165, 1.54) is 18.2 Å². The zero-order valence-electron chi connectivity index (χ0n) is 13.0. The van der Waals surface area contributed by atoms with Gasteiger partial charge in [0, 0.05) is 0 Å². The molecule has 2 aliphatic rings. The molecule has 2 heterocycles. The van der Waals surface area contributed by atoms with E-state index in [1.54, 1.807) is 0 Å². The second-order valence-electron chi connectivity index (χ2n) is 5.72.